The first-order valence-electron chi connectivity index (χ1n) is 21.1. The number of aryl methyl sites for hydroxylation is 2. The monoisotopic (exact) mass is 952 g/mol. The van der Waals surface area contributed by atoms with Gasteiger partial charge in [-0.15, -0.1) is 0 Å². The van der Waals surface area contributed by atoms with E-state index in [4.69, 9.17) is 19.9 Å². The van der Waals surface area contributed by atoms with Crippen LogP contribution in [0.1, 0.15) is 11.1 Å². The summed E-state index contributed by atoms with van der Waals surface area (Å²) < 4.78 is 2.09. The zero-order chi connectivity index (χ0) is 43.8. The van der Waals surface area contributed by atoms with Gasteiger partial charge in [-0.25, -0.2) is 19.9 Å². The fraction of sp³-hybridized carbons (Fsp3) is 0.0345. The van der Waals surface area contributed by atoms with E-state index >= 15 is 0 Å². The maximum Gasteiger partial charge on any atom is 0.160 e. The molecule has 10 rings (SSSR count). The van der Waals surface area contributed by atoms with Crippen molar-refractivity contribution in [2.45, 2.75) is 13.8 Å². The molecule has 0 aliphatic carbocycles. The number of benzene rings is 8. The molecule has 308 valence electrons. The molecule has 0 fully saturated rings. The van der Waals surface area contributed by atoms with Crippen LogP contribution in [0.3, 0.4) is 0 Å². The van der Waals surface area contributed by atoms with Crippen molar-refractivity contribution in [1.82, 2.24) is 19.9 Å². The number of halogens is 2. The predicted octanol–water partition coefficient (Wildman–Crippen LogP) is 16.4. The van der Waals surface area contributed by atoms with Crippen molar-refractivity contribution in [3.63, 3.8) is 0 Å². The molecule has 0 bridgehead atoms. The number of aromatic nitrogens is 4. The van der Waals surface area contributed by atoms with Crippen LogP contribution >= 0.6 is 31.9 Å². The van der Waals surface area contributed by atoms with Crippen LogP contribution < -0.4 is 0 Å². The van der Waals surface area contributed by atoms with Crippen molar-refractivity contribution in [2.75, 3.05) is 0 Å². The summed E-state index contributed by atoms with van der Waals surface area (Å²) in [4.78, 5) is 19.7. The summed E-state index contributed by atoms with van der Waals surface area (Å²) in [6.45, 7) is 4.17. The van der Waals surface area contributed by atoms with Crippen LogP contribution in [0.25, 0.3) is 90.1 Å². The smallest absolute Gasteiger partial charge is 0.160 e. The predicted molar refractivity (Wildman–Crippen MR) is 272 cm³/mol. The third-order valence-electron chi connectivity index (χ3n) is 10.9. The van der Waals surface area contributed by atoms with Crippen LogP contribution in [0.5, 0.6) is 0 Å². The molecule has 0 amide bonds. The highest BCUT2D eigenvalue weighted by molar-refractivity contribution is 9.10. The quantitative estimate of drug-likeness (QED) is 0.152. The molecule has 4 nitrogen and oxygen atoms in total. The van der Waals surface area contributed by atoms with E-state index in [9.17, 15) is 0 Å². The Morgan fingerprint density at radius 2 is 0.547 bits per heavy atom. The summed E-state index contributed by atoms with van der Waals surface area (Å²) in [5, 5.41) is 0. The standard InChI is InChI=1S/2C29H21BrN2/c2*1-20-10-12-23(13-11-20)29-31-27(22-14-16-26(30)17-15-22)19-28(32-29)25-9-5-8-24(18-25)21-6-3-2-4-7-21/h2*2-19H,1H3. The van der Waals surface area contributed by atoms with E-state index in [1.807, 2.05) is 36.4 Å². The second kappa shape index (κ2) is 19.5. The minimum absolute atomic E-state index is 0.727. The molecular formula is C58H42Br2N4. The van der Waals surface area contributed by atoms with Crippen molar-refractivity contribution in [2.24, 2.45) is 0 Å². The molecular weight excluding hydrogens is 912 g/mol. The van der Waals surface area contributed by atoms with Crippen molar-refractivity contribution >= 4 is 31.9 Å². The Morgan fingerprint density at radius 1 is 0.250 bits per heavy atom. The van der Waals surface area contributed by atoms with Gasteiger partial charge < -0.3 is 0 Å². The summed E-state index contributed by atoms with van der Waals surface area (Å²) in [7, 11) is 0. The first kappa shape index (κ1) is 42.2. The van der Waals surface area contributed by atoms with E-state index < -0.39 is 0 Å². The van der Waals surface area contributed by atoms with Gasteiger partial charge in [0.1, 0.15) is 0 Å². The highest BCUT2D eigenvalue weighted by atomic mass is 79.9. The number of hydrogen-bond donors (Lipinski definition) is 0. The lowest BCUT2D eigenvalue weighted by atomic mass is 10.0. The molecule has 0 spiro atoms. The highest BCUT2D eigenvalue weighted by Crippen LogP contribution is 2.33. The topological polar surface area (TPSA) is 51.6 Å². The molecule has 0 aliphatic rings. The van der Waals surface area contributed by atoms with Gasteiger partial charge in [-0.05, 0) is 84.6 Å². The number of rotatable bonds is 8. The van der Waals surface area contributed by atoms with Gasteiger partial charge in [0, 0.05) is 42.3 Å². The van der Waals surface area contributed by atoms with Gasteiger partial charge in [0.05, 0.1) is 22.8 Å². The summed E-state index contributed by atoms with van der Waals surface area (Å²) in [6.07, 6.45) is 0. The number of nitrogens with zero attached hydrogens (tertiary/aromatic N) is 4. The van der Waals surface area contributed by atoms with Crippen LogP contribution in [0.4, 0.5) is 0 Å². The Balaban J connectivity index is 0.000000162. The van der Waals surface area contributed by atoms with Crippen LogP contribution in [-0.4, -0.2) is 19.9 Å². The van der Waals surface area contributed by atoms with Gasteiger partial charge in [-0.1, -0.05) is 213 Å². The molecule has 0 aliphatic heterocycles. The van der Waals surface area contributed by atoms with E-state index in [1.165, 1.54) is 33.4 Å². The lowest BCUT2D eigenvalue weighted by molar-refractivity contribution is 1.18. The third kappa shape index (κ3) is 10.2. The number of hydrogen-bond acceptors (Lipinski definition) is 4. The van der Waals surface area contributed by atoms with Gasteiger partial charge in [0.25, 0.3) is 0 Å². The molecule has 0 N–H and O–H groups in total. The second-order valence-electron chi connectivity index (χ2n) is 15.6. The van der Waals surface area contributed by atoms with Gasteiger partial charge in [-0.3, -0.25) is 0 Å². The van der Waals surface area contributed by atoms with E-state index in [2.05, 4.69) is 228 Å². The Hall–Kier alpha value is -7.12. The Morgan fingerprint density at radius 3 is 0.906 bits per heavy atom. The SMILES string of the molecule is Cc1ccc(-c2nc(-c3ccc(Br)cc3)cc(-c3cccc(-c4ccccc4)c3)n2)cc1.Cc1ccc(-c2nc(-c3ccc(Br)cc3)cc(-c3cccc(-c4ccccc4)c3)n2)cc1. The van der Waals surface area contributed by atoms with Crippen LogP contribution in [-0.2, 0) is 0 Å². The molecule has 10 aromatic rings. The first-order valence-corrected chi connectivity index (χ1v) is 22.7. The molecule has 0 unspecified atom stereocenters. The Kier molecular flexibility index (Phi) is 12.9. The molecule has 0 atom stereocenters. The van der Waals surface area contributed by atoms with Crippen LogP contribution in [0.15, 0.2) is 227 Å². The van der Waals surface area contributed by atoms with Crippen molar-refractivity contribution < 1.29 is 0 Å². The van der Waals surface area contributed by atoms with E-state index in [0.29, 0.717) is 0 Å². The summed E-state index contributed by atoms with van der Waals surface area (Å²) in [6, 6.07) is 75.3. The van der Waals surface area contributed by atoms with Crippen LogP contribution in [0, 0.1) is 13.8 Å². The first-order chi connectivity index (χ1) is 31.3. The lowest BCUT2D eigenvalue weighted by Crippen LogP contribution is -1.96. The minimum Gasteiger partial charge on any atom is -0.228 e. The molecule has 2 heterocycles. The largest absolute Gasteiger partial charge is 0.228 e. The zero-order valence-corrected chi connectivity index (χ0v) is 38.5. The summed E-state index contributed by atoms with van der Waals surface area (Å²) in [5.74, 6) is 1.45. The van der Waals surface area contributed by atoms with Gasteiger partial charge in [0.15, 0.2) is 11.6 Å². The molecule has 8 aromatic carbocycles. The van der Waals surface area contributed by atoms with Crippen molar-refractivity contribution in [3.8, 4) is 90.1 Å². The van der Waals surface area contributed by atoms with Crippen molar-refractivity contribution in [3.05, 3.63) is 238 Å². The van der Waals surface area contributed by atoms with Crippen LogP contribution in [0.2, 0.25) is 0 Å². The van der Waals surface area contributed by atoms with E-state index in [0.717, 1.165) is 76.8 Å². The molecule has 0 saturated carbocycles. The maximum absolute atomic E-state index is 4.96. The molecule has 0 radical (unpaired) electrons. The molecule has 6 heteroatoms. The average molecular weight is 955 g/mol. The lowest BCUT2D eigenvalue weighted by Gasteiger charge is -2.11. The van der Waals surface area contributed by atoms with Gasteiger partial charge in [0.2, 0.25) is 0 Å². The minimum atomic E-state index is 0.727. The van der Waals surface area contributed by atoms with E-state index in [-0.39, 0.29) is 0 Å². The fourth-order valence-corrected chi connectivity index (χ4v) is 7.90. The fourth-order valence-electron chi connectivity index (χ4n) is 7.37. The van der Waals surface area contributed by atoms with Crippen molar-refractivity contribution in [1.29, 1.82) is 0 Å². The third-order valence-corrected chi connectivity index (χ3v) is 11.9. The maximum atomic E-state index is 4.96. The average Bonchev–Trinajstić information content (AvgIpc) is 3.35. The Bertz CT molecular complexity index is 2810. The zero-order valence-electron chi connectivity index (χ0n) is 35.3. The highest BCUT2D eigenvalue weighted by Gasteiger charge is 2.14. The normalized spacial score (nSPS) is 10.8. The van der Waals surface area contributed by atoms with Gasteiger partial charge in [-0.2, -0.15) is 0 Å². The molecule has 0 saturated heterocycles. The van der Waals surface area contributed by atoms with E-state index in [1.54, 1.807) is 0 Å². The summed E-state index contributed by atoms with van der Waals surface area (Å²) in [5.41, 5.74) is 17.1. The van der Waals surface area contributed by atoms with Gasteiger partial charge >= 0.3 is 0 Å². The summed E-state index contributed by atoms with van der Waals surface area (Å²) >= 11 is 7.05. The molecule has 2 aromatic heterocycles. The second-order valence-corrected chi connectivity index (χ2v) is 17.4. The Labute approximate surface area is 391 Å². The molecule has 64 heavy (non-hydrogen) atoms.